The third-order valence-corrected chi connectivity index (χ3v) is 5.75. The first-order valence-electron chi connectivity index (χ1n) is 9.79. The lowest BCUT2D eigenvalue weighted by atomic mass is 9.96. The summed E-state index contributed by atoms with van der Waals surface area (Å²) < 4.78 is 0. The molecule has 2 heterocycles. The van der Waals surface area contributed by atoms with Crippen molar-refractivity contribution in [3.05, 3.63) is 11.6 Å². The number of carbonyl (C=O) groups is 3. The van der Waals surface area contributed by atoms with Crippen LogP contribution in [0.25, 0.3) is 0 Å². The van der Waals surface area contributed by atoms with E-state index in [1.54, 1.807) is 22.0 Å². The topological polar surface area (TPSA) is 64.2 Å². The van der Waals surface area contributed by atoms with E-state index in [1.165, 1.54) is 18.4 Å². The second kappa shape index (κ2) is 8.20. The molecule has 0 saturated carbocycles. The summed E-state index contributed by atoms with van der Waals surface area (Å²) in [5, 5.41) is 3.21. The van der Waals surface area contributed by atoms with Gasteiger partial charge in [-0.3, -0.25) is 19.4 Å². The van der Waals surface area contributed by atoms with Crippen molar-refractivity contribution >= 4 is 18.2 Å². The lowest BCUT2D eigenvalue weighted by Crippen LogP contribution is -2.74. The number of hydrazine groups is 1. The molecule has 0 bridgehead atoms. The molecule has 3 aliphatic rings. The van der Waals surface area contributed by atoms with E-state index in [0.29, 0.717) is 19.5 Å². The van der Waals surface area contributed by atoms with Gasteiger partial charge in [-0.15, -0.1) is 0 Å². The molecular formula is C19H30N4O3. The van der Waals surface area contributed by atoms with Crippen LogP contribution in [0.1, 0.15) is 51.9 Å². The first-order valence-corrected chi connectivity index (χ1v) is 9.79. The smallest absolute Gasteiger partial charge is 0.245 e. The zero-order valence-corrected chi connectivity index (χ0v) is 15.9. The molecule has 0 aromatic heterocycles. The van der Waals surface area contributed by atoms with E-state index >= 15 is 0 Å². The van der Waals surface area contributed by atoms with Gasteiger partial charge in [0.05, 0.1) is 13.1 Å². The highest BCUT2D eigenvalue weighted by molar-refractivity contribution is 5.90. The van der Waals surface area contributed by atoms with E-state index in [4.69, 9.17) is 0 Å². The number of carbonyl (C=O) groups excluding carboxylic acids is 3. The highest BCUT2D eigenvalue weighted by Crippen LogP contribution is 2.28. The zero-order valence-electron chi connectivity index (χ0n) is 15.9. The number of amides is 3. The number of fused-ring (bicyclic) bond motifs is 1. The predicted molar refractivity (Wildman–Crippen MR) is 97.6 cm³/mol. The molecule has 144 valence electrons. The lowest BCUT2D eigenvalue weighted by Gasteiger charge is -2.53. The molecular weight excluding hydrogens is 332 g/mol. The first-order chi connectivity index (χ1) is 12.6. The Bertz CT molecular complexity index is 591. The van der Waals surface area contributed by atoms with E-state index in [2.05, 4.69) is 6.08 Å². The van der Waals surface area contributed by atoms with Crippen molar-refractivity contribution in [1.29, 1.82) is 0 Å². The van der Waals surface area contributed by atoms with Gasteiger partial charge in [-0.05, 0) is 38.5 Å². The van der Waals surface area contributed by atoms with Crippen molar-refractivity contribution < 1.29 is 14.4 Å². The molecule has 26 heavy (non-hydrogen) atoms. The number of nitrogens with zero attached hydrogens (tertiary/aromatic N) is 4. The van der Waals surface area contributed by atoms with Crippen LogP contribution in [0.15, 0.2) is 11.6 Å². The van der Waals surface area contributed by atoms with Gasteiger partial charge in [0.15, 0.2) is 0 Å². The number of likely N-dealkylation sites (N-methyl/N-ethyl adjacent to an activating group) is 1. The molecule has 3 amide bonds. The molecule has 3 rings (SSSR count). The minimum atomic E-state index is -0.456. The van der Waals surface area contributed by atoms with Gasteiger partial charge in [0.2, 0.25) is 18.2 Å². The predicted octanol–water partition coefficient (Wildman–Crippen LogP) is 1.36. The summed E-state index contributed by atoms with van der Waals surface area (Å²) in [4.78, 5) is 40.8. The maximum absolute atomic E-state index is 13.1. The Hall–Kier alpha value is -1.89. The molecule has 2 atom stereocenters. The Labute approximate surface area is 155 Å². The van der Waals surface area contributed by atoms with E-state index in [9.17, 15) is 14.4 Å². The van der Waals surface area contributed by atoms with Gasteiger partial charge in [-0.1, -0.05) is 25.0 Å². The summed E-state index contributed by atoms with van der Waals surface area (Å²) in [5.41, 5.74) is 1.43. The molecule has 7 heteroatoms. The monoisotopic (exact) mass is 362 g/mol. The van der Waals surface area contributed by atoms with Crippen molar-refractivity contribution in [2.75, 3.05) is 26.7 Å². The first kappa shape index (κ1) is 18.9. The third-order valence-electron chi connectivity index (χ3n) is 5.75. The summed E-state index contributed by atoms with van der Waals surface area (Å²) in [6, 6.07) is -0.456. The zero-order chi connectivity index (χ0) is 18.7. The fraction of sp³-hybridized carbons (Fsp3) is 0.737. The second-order valence-electron chi connectivity index (χ2n) is 7.53. The average Bonchev–Trinajstić information content (AvgIpc) is 2.63. The molecule has 2 saturated heterocycles. The highest BCUT2D eigenvalue weighted by Gasteiger charge is 2.48. The van der Waals surface area contributed by atoms with Crippen LogP contribution >= 0.6 is 0 Å². The van der Waals surface area contributed by atoms with E-state index in [-0.39, 0.29) is 18.4 Å². The molecule has 1 aliphatic carbocycles. The van der Waals surface area contributed by atoms with E-state index < -0.39 is 12.2 Å². The van der Waals surface area contributed by atoms with Crippen LogP contribution in [0, 0.1) is 0 Å². The highest BCUT2D eigenvalue weighted by atomic mass is 16.2. The number of piperazine rings is 1. The Kier molecular flexibility index (Phi) is 5.96. The van der Waals surface area contributed by atoms with Crippen molar-refractivity contribution in [3.8, 4) is 0 Å². The lowest BCUT2D eigenvalue weighted by molar-refractivity contribution is -0.196. The van der Waals surface area contributed by atoms with Crippen LogP contribution in [-0.4, -0.2) is 76.9 Å². The summed E-state index contributed by atoms with van der Waals surface area (Å²) in [5.74, 6) is -0.0414. The van der Waals surface area contributed by atoms with E-state index in [1.807, 2.05) is 11.8 Å². The number of hydrogen-bond donors (Lipinski definition) is 0. The van der Waals surface area contributed by atoms with Gasteiger partial charge < -0.3 is 9.80 Å². The van der Waals surface area contributed by atoms with Gasteiger partial charge in [0, 0.05) is 13.6 Å². The Morgan fingerprint density at radius 2 is 2.08 bits per heavy atom. The van der Waals surface area contributed by atoms with Crippen LogP contribution in [0.4, 0.5) is 0 Å². The Balaban J connectivity index is 1.78. The SMILES string of the molecule is CCC[C@H]1C(=O)N(CCC2=CCCCC2)CC2N1C(=O)CN(C)N2C=O. The minimum absolute atomic E-state index is 0.0308. The van der Waals surface area contributed by atoms with Crippen LogP contribution < -0.4 is 0 Å². The summed E-state index contributed by atoms with van der Waals surface area (Å²) in [6.07, 6.45) is 9.77. The maximum Gasteiger partial charge on any atom is 0.245 e. The van der Waals surface area contributed by atoms with E-state index in [0.717, 1.165) is 32.1 Å². The standard InChI is InChI=1S/C19H30N4O3/c1-3-7-16-19(26)21(11-10-15-8-5-4-6-9-15)12-17-22(14-24)20(2)13-18(25)23(16)17/h8,14,16-17H,3-7,9-13H2,1-2H3/t16-,17?/m0/s1. The Morgan fingerprint density at radius 3 is 2.73 bits per heavy atom. The Morgan fingerprint density at radius 1 is 1.27 bits per heavy atom. The van der Waals surface area contributed by atoms with Crippen LogP contribution in [0.5, 0.6) is 0 Å². The molecule has 2 fully saturated rings. The van der Waals surface area contributed by atoms with Gasteiger partial charge >= 0.3 is 0 Å². The fourth-order valence-electron chi connectivity index (χ4n) is 4.35. The van der Waals surface area contributed by atoms with Crippen LogP contribution in [-0.2, 0) is 14.4 Å². The van der Waals surface area contributed by atoms with Crippen molar-refractivity contribution in [2.45, 2.75) is 64.1 Å². The van der Waals surface area contributed by atoms with Gasteiger partial charge in [-0.2, -0.15) is 0 Å². The van der Waals surface area contributed by atoms with Crippen LogP contribution in [0.2, 0.25) is 0 Å². The molecule has 0 aromatic rings. The molecule has 2 aliphatic heterocycles. The molecule has 1 unspecified atom stereocenters. The molecule has 0 N–H and O–H groups in total. The third kappa shape index (κ3) is 3.63. The summed E-state index contributed by atoms with van der Waals surface area (Å²) in [6.45, 7) is 3.21. The number of rotatable bonds is 6. The number of allylic oxidation sites excluding steroid dienone is 1. The summed E-state index contributed by atoms with van der Waals surface area (Å²) >= 11 is 0. The second-order valence-corrected chi connectivity index (χ2v) is 7.53. The van der Waals surface area contributed by atoms with Crippen molar-refractivity contribution in [3.63, 3.8) is 0 Å². The van der Waals surface area contributed by atoms with Gasteiger partial charge in [0.25, 0.3) is 0 Å². The maximum atomic E-state index is 13.1. The van der Waals surface area contributed by atoms with Gasteiger partial charge in [0.1, 0.15) is 12.2 Å². The van der Waals surface area contributed by atoms with Crippen LogP contribution in [0.3, 0.4) is 0 Å². The average molecular weight is 362 g/mol. The molecule has 0 spiro atoms. The molecule has 7 nitrogen and oxygen atoms in total. The van der Waals surface area contributed by atoms with Crippen molar-refractivity contribution in [2.24, 2.45) is 0 Å². The minimum Gasteiger partial charge on any atom is -0.337 e. The quantitative estimate of drug-likeness (QED) is 0.529. The largest absolute Gasteiger partial charge is 0.337 e. The molecule has 0 aromatic carbocycles. The molecule has 0 radical (unpaired) electrons. The van der Waals surface area contributed by atoms with Crippen molar-refractivity contribution in [1.82, 2.24) is 19.8 Å². The summed E-state index contributed by atoms with van der Waals surface area (Å²) in [7, 11) is 1.74. The number of hydrogen-bond acceptors (Lipinski definition) is 4. The van der Waals surface area contributed by atoms with Gasteiger partial charge in [-0.25, -0.2) is 5.01 Å². The fourth-order valence-corrected chi connectivity index (χ4v) is 4.35. The normalized spacial score (nSPS) is 27.5.